The molecule has 35 heavy (non-hydrogen) atoms. The van der Waals surface area contributed by atoms with Gasteiger partial charge in [0.15, 0.2) is 0 Å². The number of carbonyl (C=O) groups is 2. The highest BCUT2D eigenvalue weighted by atomic mass is 32.2. The SMILES string of the molecule is CCCCNC(=O)[C@H](CC)N(Cc1cccc(OC)c1)C(=O)CN(c1ccccc1C)S(C)(=O)=O. The van der Waals surface area contributed by atoms with Gasteiger partial charge in [0, 0.05) is 13.1 Å². The van der Waals surface area contributed by atoms with Gasteiger partial charge in [0.2, 0.25) is 21.8 Å². The molecule has 9 heteroatoms. The van der Waals surface area contributed by atoms with Crippen LogP contribution in [0.25, 0.3) is 0 Å². The topological polar surface area (TPSA) is 96.0 Å². The summed E-state index contributed by atoms with van der Waals surface area (Å²) < 4.78 is 31.8. The number of nitrogens with zero attached hydrogens (tertiary/aromatic N) is 2. The Morgan fingerprint density at radius 3 is 2.40 bits per heavy atom. The fraction of sp³-hybridized carbons (Fsp3) is 0.462. The van der Waals surface area contributed by atoms with Crippen LogP contribution in [0.2, 0.25) is 0 Å². The summed E-state index contributed by atoms with van der Waals surface area (Å²) in [5.74, 6) is -0.0778. The van der Waals surface area contributed by atoms with Crippen molar-refractivity contribution in [3.63, 3.8) is 0 Å². The molecule has 0 spiro atoms. The first-order valence-corrected chi connectivity index (χ1v) is 13.7. The van der Waals surface area contributed by atoms with E-state index in [1.54, 1.807) is 44.4 Å². The molecule has 0 saturated carbocycles. The summed E-state index contributed by atoms with van der Waals surface area (Å²) in [6.07, 6.45) is 3.23. The van der Waals surface area contributed by atoms with Crippen molar-refractivity contribution >= 4 is 27.5 Å². The smallest absolute Gasteiger partial charge is 0.244 e. The molecular formula is C26H37N3O5S. The van der Waals surface area contributed by atoms with E-state index in [-0.39, 0.29) is 12.5 Å². The lowest BCUT2D eigenvalue weighted by Gasteiger charge is -2.33. The van der Waals surface area contributed by atoms with Crippen LogP contribution in [-0.4, -0.2) is 57.6 Å². The number of methoxy groups -OCH3 is 1. The third-order valence-electron chi connectivity index (χ3n) is 5.77. The largest absolute Gasteiger partial charge is 0.497 e. The van der Waals surface area contributed by atoms with Crippen molar-refractivity contribution < 1.29 is 22.7 Å². The highest BCUT2D eigenvalue weighted by Gasteiger charge is 2.32. The van der Waals surface area contributed by atoms with Crippen LogP contribution in [0.3, 0.4) is 0 Å². The minimum atomic E-state index is -3.76. The van der Waals surface area contributed by atoms with Crippen molar-refractivity contribution in [2.75, 3.05) is 30.8 Å². The molecule has 2 aromatic carbocycles. The summed E-state index contributed by atoms with van der Waals surface area (Å²) >= 11 is 0. The van der Waals surface area contributed by atoms with Gasteiger partial charge in [-0.05, 0) is 49.1 Å². The van der Waals surface area contributed by atoms with Gasteiger partial charge >= 0.3 is 0 Å². The molecule has 2 aromatic rings. The Labute approximate surface area is 209 Å². The molecule has 0 unspecified atom stereocenters. The molecule has 0 radical (unpaired) electrons. The second-order valence-electron chi connectivity index (χ2n) is 8.50. The van der Waals surface area contributed by atoms with E-state index < -0.39 is 28.5 Å². The molecule has 0 aliphatic rings. The Hall–Kier alpha value is -3.07. The summed E-state index contributed by atoms with van der Waals surface area (Å²) in [4.78, 5) is 28.2. The van der Waals surface area contributed by atoms with Gasteiger partial charge in [0.1, 0.15) is 18.3 Å². The number of benzene rings is 2. The van der Waals surface area contributed by atoms with Gasteiger partial charge in [-0.15, -0.1) is 0 Å². The Morgan fingerprint density at radius 2 is 1.80 bits per heavy atom. The van der Waals surface area contributed by atoms with Gasteiger partial charge in [0.05, 0.1) is 19.1 Å². The maximum Gasteiger partial charge on any atom is 0.244 e. The third kappa shape index (κ3) is 7.99. The fourth-order valence-electron chi connectivity index (χ4n) is 3.83. The lowest BCUT2D eigenvalue weighted by atomic mass is 10.1. The van der Waals surface area contributed by atoms with Gasteiger partial charge in [-0.2, -0.15) is 0 Å². The number of nitrogens with one attached hydrogen (secondary N) is 1. The second kappa shape index (κ2) is 13.1. The van der Waals surface area contributed by atoms with E-state index in [4.69, 9.17) is 4.74 Å². The standard InChI is InChI=1S/C26H37N3O5S/c1-6-8-16-27-26(31)23(7-2)28(18-21-13-11-14-22(17-21)34-4)25(30)19-29(35(5,32)33)24-15-10-9-12-20(24)3/h9-15,17,23H,6-8,16,18-19H2,1-5H3,(H,27,31)/t23-/m0/s1. The maximum absolute atomic E-state index is 13.7. The first-order chi connectivity index (χ1) is 16.6. The minimum Gasteiger partial charge on any atom is -0.497 e. The number of amides is 2. The summed E-state index contributed by atoms with van der Waals surface area (Å²) in [6, 6.07) is 13.5. The van der Waals surface area contributed by atoms with Gasteiger partial charge in [0.25, 0.3) is 0 Å². The lowest BCUT2D eigenvalue weighted by Crippen LogP contribution is -2.52. The highest BCUT2D eigenvalue weighted by molar-refractivity contribution is 7.92. The van der Waals surface area contributed by atoms with E-state index in [1.807, 2.05) is 32.0 Å². The average Bonchev–Trinajstić information content (AvgIpc) is 2.82. The van der Waals surface area contributed by atoms with E-state index in [2.05, 4.69) is 5.32 Å². The Balaban J connectivity index is 2.43. The van der Waals surface area contributed by atoms with Crippen LogP contribution >= 0.6 is 0 Å². The van der Waals surface area contributed by atoms with E-state index in [0.29, 0.717) is 24.4 Å². The zero-order valence-electron chi connectivity index (χ0n) is 21.3. The van der Waals surface area contributed by atoms with Crippen LogP contribution in [0.1, 0.15) is 44.2 Å². The molecule has 2 rings (SSSR count). The minimum absolute atomic E-state index is 0.140. The van der Waals surface area contributed by atoms with Crippen LogP contribution in [0.4, 0.5) is 5.69 Å². The summed E-state index contributed by atoms with van der Waals surface area (Å²) in [5, 5.41) is 2.91. The predicted octanol–water partition coefficient (Wildman–Crippen LogP) is 3.49. The molecule has 192 valence electrons. The van der Waals surface area contributed by atoms with E-state index in [9.17, 15) is 18.0 Å². The van der Waals surface area contributed by atoms with Crippen LogP contribution in [0.5, 0.6) is 5.75 Å². The summed E-state index contributed by atoms with van der Waals surface area (Å²) in [5.41, 5.74) is 1.94. The number of ether oxygens (including phenoxy) is 1. The van der Waals surface area contributed by atoms with Crippen LogP contribution in [-0.2, 0) is 26.2 Å². The second-order valence-corrected chi connectivity index (χ2v) is 10.4. The Morgan fingerprint density at radius 1 is 1.09 bits per heavy atom. The molecule has 0 saturated heterocycles. The van der Waals surface area contributed by atoms with Crippen molar-refractivity contribution in [3.05, 3.63) is 59.7 Å². The van der Waals surface area contributed by atoms with Crippen molar-refractivity contribution in [1.29, 1.82) is 0 Å². The molecule has 0 heterocycles. The van der Waals surface area contributed by atoms with Gasteiger partial charge in [-0.3, -0.25) is 13.9 Å². The van der Waals surface area contributed by atoms with Crippen LogP contribution in [0.15, 0.2) is 48.5 Å². The number of aryl methyl sites for hydroxylation is 1. The quantitative estimate of drug-likeness (QED) is 0.422. The normalized spacial score (nSPS) is 12.0. The molecule has 2 amide bonds. The third-order valence-corrected chi connectivity index (χ3v) is 6.89. The predicted molar refractivity (Wildman–Crippen MR) is 139 cm³/mol. The van der Waals surface area contributed by atoms with Gasteiger partial charge in [-0.25, -0.2) is 8.42 Å². The van der Waals surface area contributed by atoms with Gasteiger partial charge < -0.3 is 15.0 Å². The van der Waals surface area contributed by atoms with Crippen molar-refractivity contribution in [2.45, 2.75) is 52.6 Å². The van der Waals surface area contributed by atoms with Crippen molar-refractivity contribution in [2.24, 2.45) is 0 Å². The van der Waals surface area contributed by atoms with Crippen molar-refractivity contribution in [3.8, 4) is 5.75 Å². The Bertz CT molecular complexity index is 1100. The monoisotopic (exact) mass is 503 g/mol. The zero-order valence-corrected chi connectivity index (χ0v) is 22.1. The zero-order chi connectivity index (χ0) is 26.0. The first kappa shape index (κ1) is 28.2. The molecule has 1 atom stereocenters. The molecule has 1 N–H and O–H groups in total. The highest BCUT2D eigenvalue weighted by Crippen LogP contribution is 2.23. The molecule has 8 nitrogen and oxygen atoms in total. The number of unbranched alkanes of at least 4 members (excludes halogenated alkanes) is 1. The first-order valence-electron chi connectivity index (χ1n) is 11.9. The number of para-hydroxylation sites is 1. The maximum atomic E-state index is 13.7. The van der Waals surface area contributed by atoms with Crippen LogP contribution < -0.4 is 14.4 Å². The average molecular weight is 504 g/mol. The molecule has 0 fully saturated rings. The summed E-state index contributed by atoms with van der Waals surface area (Å²) in [7, 11) is -2.20. The van der Waals surface area contributed by atoms with Crippen molar-refractivity contribution in [1.82, 2.24) is 10.2 Å². The number of hydrogen-bond acceptors (Lipinski definition) is 5. The molecular weight excluding hydrogens is 466 g/mol. The van der Waals surface area contributed by atoms with E-state index in [0.717, 1.165) is 34.5 Å². The van der Waals surface area contributed by atoms with E-state index in [1.165, 1.54) is 4.90 Å². The number of hydrogen-bond donors (Lipinski definition) is 1. The molecule has 0 bridgehead atoms. The molecule has 0 aliphatic heterocycles. The number of rotatable bonds is 13. The Kier molecular flexibility index (Phi) is 10.6. The number of carbonyl (C=O) groups excluding carboxylic acids is 2. The molecule has 0 aromatic heterocycles. The van der Waals surface area contributed by atoms with Gasteiger partial charge in [-0.1, -0.05) is 50.6 Å². The number of anilines is 1. The van der Waals surface area contributed by atoms with Crippen LogP contribution in [0, 0.1) is 6.92 Å². The van der Waals surface area contributed by atoms with E-state index >= 15 is 0 Å². The number of sulfonamides is 1. The molecule has 0 aliphatic carbocycles. The summed E-state index contributed by atoms with van der Waals surface area (Å²) in [6.45, 7) is 5.92. The fourth-order valence-corrected chi connectivity index (χ4v) is 4.74. The lowest BCUT2D eigenvalue weighted by molar-refractivity contribution is -0.140.